The maximum absolute atomic E-state index is 11.2. The second-order valence-corrected chi connectivity index (χ2v) is 5.01. The number of ether oxygens (including phenoxy) is 1. The van der Waals surface area contributed by atoms with E-state index >= 15 is 0 Å². The first-order chi connectivity index (χ1) is 10.5. The van der Waals surface area contributed by atoms with Crippen molar-refractivity contribution in [1.29, 1.82) is 0 Å². The molecule has 1 aliphatic heterocycles. The Labute approximate surface area is 123 Å². The van der Waals surface area contributed by atoms with Crippen LogP contribution in [0.4, 0.5) is 11.4 Å². The molecule has 2 aromatic heterocycles. The molecule has 4 atom stereocenters. The van der Waals surface area contributed by atoms with Gasteiger partial charge in [0.2, 0.25) is 0 Å². The predicted octanol–water partition coefficient (Wildman–Crippen LogP) is -0.862. The molecule has 0 radical (unpaired) electrons. The lowest BCUT2D eigenvalue weighted by Gasteiger charge is -2.16. The number of hydrogen-bond donors (Lipinski definition) is 4. The fourth-order valence-electron chi connectivity index (χ4n) is 2.62. The van der Waals surface area contributed by atoms with Crippen molar-refractivity contribution in [2.24, 2.45) is 0 Å². The van der Waals surface area contributed by atoms with E-state index in [0.29, 0.717) is 0 Å². The Morgan fingerprint density at radius 1 is 1.45 bits per heavy atom. The highest BCUT2D eigenvalue weighted by Crippen LogP contribution is 2.37. The maximum atomic E-state index is 11.2. The first kappa shape index (κ1) is 14.7. The van der Waals surface area contributed by atoms with E-state index in [4.69, 9.17) is 15.6 Å². The normalized spacial score (nSPS) is 28.3. The smallest absolute Gasteiger partial charge is 0.298 e. The van der Waals surface area contributed by atoms with E-state index in [2.05, 4.69) is 4.98 Å². The van der Waals surface area contributed by atoms with Crippen molar-refractivity contribution >= 4 is 22.4 Å². The van der Waals surface area contributed by atoms with E-state index in [0.717, 1.165) is 6.20 Å². The lowest BCUT2D eigenvalue weighted by Crippen LogP contribution is -2.33. The maximum Gasteiger partial charge on any atom is 0.298 e. The lowest BCUT2D eigenvalue weighted by atomic mass is 10.1. The predicted molar refractivity (Wildman–Crippen MR) is 73.8 cm³/mol. The highest BCUT2D eigenvalue weighted by molar-refractivity contribution is 5.96. The van der Waals surface area contributed by atoms with Crippen molar-refractivity contribution in [3.05, 3.63) is 28.6 Å². The fraction of sp³-hybridized carbons (Fsp3) is 0.417. The van der Waals surface area contributed by atoms with Gasteiger partial charge in [0.1, 0.15) is 23.7 Å². The summed E-state index contributed by atoms with van der Waals surface area (Å²) in [7, 11) is 0. The van der Waals surface area contributed by atoms with Crippen LogP contribution < -0.4 is 5.73 Å². The molecule has 1 saturated heterocycles. The first-order valence-electron chi connectivity index (χ1n) is 6.47. The van der Waals surface area contributed by atoms with E-state index in [1.807, 2.05) is 0 Å². The number of anilines is 1. The Kier molecular flexibility index (Phi) is 3.45. The van der Waals surface area contributed by atoms with Gasteiger partial charge in [-0.3, -0.25) is 14.7 Å². The number of aromatic nitrogens is 2. The van der Waals surface area contributed by atoms with Crippen LogP contribution in [0.5, 0.6) is 0 Å². The van der Waals surface area contributed by atoms with Crippen molar-refractivity contribution in [3.63, 3.8) is 0 Å². The number of rotatable bonds is 3. The van der Waals surface area contributed by atoms with Crippen LogP contribution in [-0.4, -0.2) is 54.7 Å². The van der Waals surface area contributed by atoms with Gasteiger partial charge in [-0.15, -0.1) is 0 Å². The molecule has 2 aromatic rings. The van der Waals surface area contributed by atoms with E-state index in [1.165, 1.54) is 16.8 Å². The topological polar surface area (TPSA) is 157 Å². The van der Waals surface area contributed by atoms with Crippen molar-refractivity contribution in [2.75, 3.05) is 12.3 Å². The number of nitrogen functional groups attached to an aromatic ring is 1. The number of pyridine rings is 1. The minimum atomic E-state index is -1.37. The zero-order valence-electron chi connectivity index (χ0n) is 11.2. The molecule has 1 aliphatic rings. The van der Waals surface area contributed by atoms with Crippen LogP contribution in [0.2, 0.25) is 0 Å². The molecule has 10 nitrogen and oxygen atoms in total. The fourth-order valence-corrected chi connectivity index (χ4v) is 2.62. The first-order valence-corrected chi connectivity index (χ1v) is 6.47. The zero-order valence-corrected chi connectivity index (χ0v) is 11.2. The van der Waals surface area contributed by atoms with E-state index < -0.39 is 36.1 Å². The van der Waals surface area contributed by atoms with Gasteiger partial charge in [-0.2, -0.15) is 0 Å². The molecule has 0 amide bonds. The highest BCUT2D eigenvalue weighted by atomic mass is 16.6. The molecule has 1 fully saturated rings. The lowest BCUT2D eigenvalue weighted by molar-refractivity contribution is -0.383. The Bertz CT molecular complexity index is 732. The number of nitrogens with two attached hydrogens (primary N) is 1. The number of aliphatic hydroxyl groups is 3. The van der Waals surface area contributed by atoms with Gasteiger partial charge >= 0.3 is 0 Å². The van der Waals surface area contributed by atoms with Crippen LogP contribution >= 0.6 is 0 Å². The summed E-state index contributed by atoms with van der Waals surface area (Å²) in [5.74, 6) is 0. The number of fused-ring (bicyclic) bond motifs is 1. The minimum absolute atomic E-state index is 0.130. The van der Waals surface area contributed by atoms with Gasteiger partial charge in [-0.05, 0) is 6.07 Å². The molecule has 0 aromatic carbocycles. The third-order valence-corrected chi connectivity index (χ3v) is 3.71. The van der Waals surface area contributed by atoms with Crippen molar-refractivity contribution in [3.8, 4) is 0 Å². The molecule has 10 heteroatoms. The largest absolute Gasteiger partial charge is 0.398 e. The van der Waals surface area contributed by atoms with Gasteiger partial charge in [0.05, 0.1) is 23.4 Å². The summed E-state index contributed by atoms with van der Waals surface area (Å²) < 4.78 is 6.62. The van der Waals surface area contributed by atoms with E-state index in [9.17, 15) is 20.3 Å². The van der Waals surface area contributed by atoms with E-state index in [-0.39, 0.29) is 22.4 Å². The summed E-state index contributed by atoms with van der Waals surface area (Å²) in [5, 5.41) is 40.3. The third-order valence-electron chi connectivity index (χ3n) is 3.71. The summed E-state index contributed by atoms with van der Waals surface area (Å²) >= 11 is 0. The molecule has 0 aliphatic carbocycles. The van der Waals surface area contributed by atoms with Crippen molar-refractivity contribution in [1.82, 2.24) is 9.55 Å². The SMILES string of the molecule is Nc1ccnc2c1c([N+](=O)[O-])cn2[C@@H]1O[C@H](CO)[C@@H](O)[C@H]1O. The van der Waals surface area contributed by atoms with Crippen LogP contribution in [0, 0.1) is 10.1 Å². The molecule has 0 spiro atoms. The molecule has 0 bridgehead atoms. The van der Waals surface area contributed by atoms with E-state index in [1.54, 1.807) is 0 Å². The van der Waals surface area contributed by atoms with Gasteiger partial charge in [-0.1, -0.05) is 0 Å². The zero-order chi connectivity index (χ0) is 16.0. The van der Waals surface area contributed by atoms with Crippen LogP contribution in [0.15, 0.2) is 18.5 Å². The number of hydrogen-bond acceptors (Lipinski definition) is 8. The number of nitrogens with zero attached hydrogens (tertiary/aromatic N) is 3. The molecule has 5 N–H and O–H groups in total. The quantitative estimate of drug-likeness (QED) is 0.421. The molecule has 3 heterocycles. The molecule has 0 saturated carbocycles. The molecule has 118 valence electrons. The summed E-state index contributed by atoms with van der Waals surface area (Å²) in [4.78, 5) is 14.6. The Balaban J connectivity index is 2.16. The number of nitro groups is 1. The molecular formula is C12H14N4O6. The van der Waals surface area contributed by atoms with Gasteiger partial charge in [0, 0.05) is 6.20 Å². The summed E-state index contributed by atoms with van der Waals surface area (Å²) in [5.41, 5.74) is 5.82. The average molecular weight is 310 g/mol. The second kappa shape index (κ2) is 5.18. The van der Waals surface area contributed by atoms with Gasteiger partial charge < -0.3 is 25.8 Å². The highest BCUT2D eigenvalue weighted by Gasteiger charge is 2.44. The van der Waals surface area contributed by atoms with Crippen LogP contribution in [0.25, 0.3) is 11.0 Å². The molecule has 0 unspecified atom stereocenters. The van der Waals surface area contributed by atoms with Crippen LogP contribution in [0.1, 0.15) is 6.23 Å². The second-order valence-electron chi connectivity index (χ2n) is 5.01. The minimum Gasteiger partial charge on any atom is -0.398 e. The Hall–Kier alpha value is -2.27. The van der Waals surface area contributed by atoms with Crippen LogP contribution in [-0.2, 0) is 4.74 Å². The Morgan fingerprint density at radius 2 is 2.18 bits per heavy atom. The van der Waals surface area contributed by atoms with Crippen molar-refractivity contribution < 1.29 is 25.0 Å². The molecular weight excluding hydrogens is 296 g/mol. The van der Waals surface area contributed by atoms with Gasteiger partial charge in [-0.25, -0.2) is 4.98 Å². The number of aliphatic hydroxyl groups excluding tert-OH is 3. The summed E-state index contributed by atoms with van der Waals surface area (Å²) in [6.45, 7) is -0.494. The third kappa shape index (κ3) is 2.01. The van der Waals surface area contributed by atoms with Gasteiger partial charge in [0.15, 0.2) is 11.9 Å². The monoisotopic (exact) mass is 310 g/mol. The van der Waals surface area contributed by atoms with Gasteiger partial charge in [0.25, 0.3) is 5.69 Å². The molecule has 22 heavy (non-hydrogen) atoms. The average Bonchev–Trinajstić information content (AvgIpc) is 3.00. The summed E-state index contributed by atoms with van der Waals surface area (Å²) in [6.07, 6.45) is -2.26. The molecule has 3 rings (SSSR count). The van der Waals surface area contributed by atoms with Crippen LogP contribution in [0.3, 0.4) is 0 Å². The standard InChI is InChI=1S/C12H14N4O6/c13-5-1-2-14-11-8(5)6(16(20)21)3-15(11)12-10(19)9(18)7(4-17)22-12/h1-3,7,9-10,12,17-19H,4H2,(H2,13,14)/t7-,9-,10-,12-/m1/s1. The Morgan fingerprint density at radius 3 is 2.77 bits per heavy atom. The summed E-state index contributed by atoms with van der Waals surface area (Å²) in [6, 6.07) is 1.43. The van der Waals surface area contributed by atoms with Crippen molar-refractivity contribution in [2.45, 2.75) is 24.5 Å².